The number of fused-ring (bicyclic) bond motifs is 2. The van der Waals surface area contributed by atoms with E-state index in [4.69, 9.17) is 0 Å². The number of hydrogen-bond donors (Lipinski definition) is 2. The van der Waals surface area contributed by atoms with Crippen LogP contribution in [0.3, 0.4) is 0 Å². The van der Waals surface area contributed by atoms with Crippen LogP contribution in [-0.4, -0.2) is 13.1 Å². The van der Waals surface area contributed by atoms with Gasteiger partial charge >= 0.3 is 0 Å². The van der Waals surface area contributed by atoms with Crippen LogP contribution in [0.4, 0.5) is 11.4 Å². The molecule has 4 aromatic carbocycles. The van der Waals surface area contributed by atoms with Gasteiger partial charge < -0.3 is 10.6 Å². The van der Waals surface area contributed by atoms with Gasteiger partial charge in [-0.1, -0.05) is 102 Å². The second kappa shape index (κ2) is 8.50. The van der Waals surface area contributed by atoms with Crippen molar-refractivity contribution < 1.29 is 0 Å². The van der Waals surface area contributed by atoms with Crippen molar-refractivity contribution >= 4 is 32.9 Å². The zero-order chi connectivity index (χ0) is 22.9. The highest BCUT2D eigenvalue weighted by Crippen LogP contribution is 2.44. The van der Waals surface area contributed by atoms with Crippen molar-refractivity contribution in [3.63, 3.8) is 0 Å². The van der Waals surface area contributed by atoms with Gasteiger partial charge in [-0.25, -0.2) is 0 Å². The molecule has 4 rings (SSSR count). The third-order valence-electron chi connectivity index (χ3n) is 5.73. The Kier molecular flexibility index (Phi) is 5.90. The highest BCUT2D eigenvalue weighted by molar-refractivity contribution is 6.13. The second-order valence-electron chi connectivity index (χ2n) is 11.2. The van der Waals surface area contributed by atoms with Crippen LogP contribution in [0.25, 0.3) is 32.7 Å². The molecule has 166 valence electrons. The van der Waals surface area contributed by atoms with E-state index < -0.39 is 0 Å². The Morgan fingerprint density at radius 3 is 1.25 bits per heavy atom. The molecule has 0 amide bonds. The molecule has 2 heteroatoms. The summed E-state index contributed by atoms with van der Waals surface area (Å²) in [7, 11) is 0. The topological polar surface area (TPSA) is 24.1 Å². The van der Waals surface area contributed by atoms with Crippen LogP contribution in [-0.2, 0) is 0 Å². The number of rotatable bonds is 5. The van der Waals surface area contributed by atoms with Gasteiger partial charge in [-0.2, -0.15) is 0 Å². The fourth-order valence-electron chi connectivity index (χ4n) is 4.10. The van der Waals surface area contributed by atoms with Gasteiger partial charge in [0.05, 0.1) is 0 Å². The lowest BCUT2D eigenvalue weighted by Gasteiger charge is -2.25. The Bertz CT molecular complexity index is 1140. The summed E-state index contributed by atoms with van der Waals surface area (Å²) in [5.41, 5.74) is 5.31. The SMILES string of the molecule is CC(C)(C)CNc1ccc2ccccc2c1-c1c(NCC(C)(C)C)ccc2ccccc12. The van der Waals surface area contributed by atoms with E-state index in [0.29, 0.717) is 0 Å². The average molecular weight is 425 g/mol. The molecule has 0 heterocycles. The van der Waals surface area contributed by atoms with Gasteiger partial charge in [0.2, 0.25) is 0 Å². The van der Waals surface area contributed by atoms with Crippen LogP contribution in [0.15, 0.2) is 72.8 Å². The predicted octanol–water partition coefficient (Wildman–Crippen LogP) is 8.58. The molecule has 0 aliphatic rings. The summed E-state index contributed by atoms with van der Waals surface area (Å²) < 4.78 is 0. The Balaban J connectivity index is 2.00. The number of benzene rings is 4. The fourth-order valence-corrected chi connectivity index (χ4v) is 4.10. The van der Waals surface area contributed by atoms with Gasteiger partial charge in [0.1, 0.15) is 0 Å². The van der Waals surface area contributed by atoms with Crippen LogP contribution < -0.4 is 10.6 Å². The van der Waals surface area contributed by atoms with Crippen LogP contribution in [0.5, 0.6) is 0 Å². The van der Waals surface area contributed by atoms with Gasteiger partial charge in [0.25, 0.3) is 0 Å². The molecule has 0 bridgehead atoms. The Morgan fingerprint density at radius 2 is 0.875 bits per heavy atom. The van der Waals surface area contributed by atoms with Crippen LogP contribution in [0, 0.1) is 10.8 Å². The van der Waals surface area contributed by atoms with Crippen LogP contribution in [0.2, 0.25) is 0 Å². The van der Waals surface area contributed by atoms with Gasteiger partial charge in [-0.3, -0.25) is 0 Å². The quantitative estimate of drug-likeness (QED) is 0.335. The van der Waals surface area contributed by atoms with Gasteiger partial charge in [0, 0.05) is 35.6 Å². The third kappa shape index (κ3) is 4.91. The molecule has 0 fully saturated rings. The van der Waals surface area contributed by atoms with Gasteiger partial charge in [-0.15, -0.1) is 0 Å². The molecule has 0 unspecified atom stereocenters. The fraction of sp³-hybridized carbons (Fsp3) is 0.333. The monoisotopic (exact) mass is 424 g/mol. The van der Waals surface area contributed by atoms with E-state index >= 15 is 0 Å². The van der Waals surface area contributed by atoms with E-state index in [-0.39, 0.29) is 10.8 Å². The molecule has 0 aliphatic heterocycles. The molecule has 0 aliphatic carbocycles. The largest absolute Gasteiger partial charge is 0.384 e. The number of hydrogen-bond acceptors (Lipinski definition) is 2. The summed E-state index contributed by atoms with van der Waals surface area (Å²) in [5, 5.41) is 12.6. The van der Waals surface area contributed by atoms with E-state index in [9.17, 15) is 0 Å². The molecular weight excluding hydrogens is 388 g/mol. The predicted molar refractivity (Wildman–Crippen MR) is 143 cm³/mol. The van der Waals surface area contributed by atoms with E-state index in [1.54, 1.807) is 0 Å². The summed E-state index contributed by atoms with van der Waals surface area (Å²) in [4.78, 5) is 0. The third-order valence-corrected chi connectivity index (χ3v) is 5.73. The minimum Gasteiger partial charge on any atom is -0.384 e. The summed E-state index contributed by atoms with van der Waals surface area (Å²) in [5.74, 6) is 0. The van der Waals surface area contributed by atoms with Crippen molar-refractivity contribution in [1.82, 2.24) is 0 Å². The normalized spacial score (nSPS) is 12.3. The first-order valence-corrected chi connectivity index (χ1v) is 11.6. The summed E-state index contributed by atoms with van der Waals surface area (Å²) in [6.45, 7) is 15.5. The summed E-state index contributed by atoms with van der Waals surface area (Å²) >= 11 is 0. The van der Waals surface area contributed by atoms with Crippen molar-refractivity contribution in [2.24, 2.45) is 10.8 Å². The lowest BCUT2D eigenvalue weighted by molar-refractivity contribution is 0.442. The Morgan fingerprint density at radius 1 is 0.500 bits per heavy atom. The Labute approximate surface area is 193 Å². The maximum atomic E-state index is 3.78. The summed E-state index contributed by atoms with van der Waals surface area (Å²) in [6, 6.07) is 26.4. The van der Waals surface area contributed by atoms with Crippen molar-refractivity contribution in [3.8, 4) is 11.1 Å². The molecule has 0 radical (unpaired) electrons. The highest BCUT2D eigenvalue weighted by atomic mass is 14.9. The molecule has 0 saturated heterocycles. The highest BCUT2D eigenvalue weighted by Gasteiger charge is 2.19. The van der Waals surface area contributed by atoms with Crippen LogP contribution in [0.1, 0.15) is 41.5 Å². The van der Waals surface area contributed by atoms with Crippen molar-refractivity contribution in [3.05, 3.63) is 72.8 Å². The average Bonchev–Trinajstić information content (AvgIpc) is 2.74. The zero-order valence-corrected chi connectivity index (χ0v) is 20.3. The summed E-state index contributed by atoms with van der Waals surface area (Å²) in [6.07, 6.45) is 0. The molecule has 4 aromatic rings. The molecule has 2 nitrogen and oxygen atoms in total. The van der Waals surface area contributed by atoms with Crippen molar-refractivity contribution in [1.29, 1.82) is 0 Å². The maximum absolute atomic E-state index is 3.78. The number of anilines is 2. The van der Waals surface area contributed by atoms with Crippen LogP contribution >= 0.6 is 0 Å². The van der Waals surface area contributed by atoms with E-state index in [1.165, 1.54) is 44.0 Å². The minimum atomic E-state index is 0.189. The minimum absolute atomic E-state index is 0.189. The molecule has 0 saturated carbocycles. The second-order valence-corrected chi connectivity index (χ2v) is 11.2. The molecule has 0 spiro atoms. The van der Waals surface area contributed by atoms with Crippen molar-refractivity contribution in [2.75, 3.05) is 23.7 Å². The molecule has 0 aromatic heterocycles. The maximum Gasteiger partial charge on any atom is 0.0427 e. The molecule has 0 atom stereocenters. The first-order chi connectivity index (χ1) is 15.1. The van der Waals surface area contributed by atoms with E-state index in [0.717, 1.165) is 13.1 Å². The molecule has 2 N–H and O–H groups in total. The Hall–Kier alpha value is -3.00. The lowest BCUT2D eigenvalue weighted by atomic mass is 9.89. The standard InChI is InChI=1S/C30H36N2/c1-29(2,3)19-31-25-17-15-21-11-7-9-13-23(21)27(25)28-24-14-10-8-12-22(24)16-18-26(28)32-20-30(4,5)6/h7-18,31-32H,19-20H2,1-6H3. The number of nitrogens with one attached hydrogen (secondary N) is 2. The van der Waals surface area contributed by atoms with E-state index in [2.05, 4.69) is 125 Å². The van der Waals surface area contributed by atoms with Crippen molar-refractivity contribution in [2.45, 2.75) is 41.5 Å². The molecular formula is C30H36N2. The smallest absolute Gasteiger partial charge is 0.0427 e. The lowest BCUT2D eigenvalue weighted by Crippen LogP contribution is -2.20. The van der Waals surface area contributed by atoms with Gasteiger partial charge in [-0.05, 0) is 44.5 Å². The first kappa shape index (κ1) is 22.2. The van der Waals surface area contributed by atoms with E-state index in [1.807, 2.05) is 0 Å². The molecule has 32 heavy (non-hydrogen) atoms. The first-order valence-electron chi connectivity index (χ1n) is 11.6. The zero-order valence-electron chi connectivity index (χ0n) is 20.3. The van der Waals surface area contributed by atoms with Gasteiger partial charge in [0.15, 0.2) is 0 Å².